The van der Waals surface area contributed by atoms with Gasteiger partial charge >= 0.3 is 18.5 Å². The van der Waals surface area contributed by atoms with E-state index in [2.05, 4.69) is 19.6 Å². The Balaban J connectivity index is 1.83. The van der Waals surface area contributed by atoms with Crippen molar-refractivity contribution in [2.45, 2.75) is 49.5 Å². The molecule has 2 aromatic heterocycles. The average molecular weight is 491 g/mol. The predicted molar refractivity (Wildman–Crippen MR) is 110 cm³/mol. The van der Waals surface area contributed by atoms with Gasteiger partial charge in [-0.2, -0.15) is 10.4 Å². The molecule has 0 aromatic carbocycles. The van der Waals surface area contributed by atoms with Gasteiger partial charge < -0.3 is 38.9 Å². The number of nitrogen functional groups attached to an aromatic ring is 1. The molecule has 1 saturated carbocycles. The quantitative estimate of drug-likeness (QED) is 0.460. The van der Waals surface area contributed by atoms with Crippen molar-refractivity contribution >= 4 is 29.8 Å². The van der Waals surface area contributed by atoms with Gasteiger partial charge in [0.25, 0.3) is 0 Å². The van der Waals surface area contributed by atoms with Crippen LogP contribution in [0, 0.1) is 11.3 Å². The van der Waals surface area contributed by atoms with Crippen LogP contribution in [-0.2, 0) is 38.8 Å². The lowest BCUT2D eigenvalue weighted by atomic mass is 9.90. The van der Waals surface area contributed by atoms with E-state index < -0.39 is 54.1 Å². The molecule has 1 aliphatic carbocycles. The summed E-state index contributed by atoms with van der Waals surface area (Å²) in [7, 11) is 2.09. The molecular weight excluding hydrogens is 470 g/mol. The number of aromatic nitrogens is 3. The lowest BCUT2D eigenvalue weighted by Gasteiger charge is -2.32. The summed E-state index contributed by atoms with van der Waals surface area (Å²) in [5.41, 5.74) is 2.21. The Labute approximate surface area is 197 Å². The van der Waals surface area contributed by atoms with Crippen LogP contribution in [-0.4, -0.2) is 77.3 Å². The van der Waals surface area contributed by atoms with Crippen molar-refractivity contribution in [3.05, 3.63) is 24.2 Å². The summed E-state index contributed by atoms with van der Waals surface area (Å²) < 4.78 is 37.6. The maximum absolute atomic E-state index is 12.2. The lowest BCUT2D eigenvalue weighted by molar-refractivity contribution is -0.130. The molecule has 35 heavy (non-hydrogen) atoms. The van der Waals surface area contributed by atoms with Gasteiger partial charge in [0.15, 0.2) is 18.0 Å². The fraction of sp³-hybridized carbons (Fsp3) is 0.500. The maximum Gasteiger partial charge on any atom is 0.509 e. The van der Waals surface area contributed by atoms with Crippen LogP contribution < -0.4 is 5.73 Å². The summed E-state index contributed by atoms with van der Waals surface area (Å²) in [4.78, 5) is 40.5. The Bertz CT molecular complexity index is 1220. The number of carbonyl (C=O) groups is 3. The first-order valence-electron chi connectivity index (χ1n) is 10.2. The van der Waals surface area contributed by atoms with Gasteiger partial charge in [0.2, 0.25) is 11.2 Å². The first kappa shape index (κ1) is 23.8. The van der Waals surface area contributed by atoms with Crippen LogP contribution in [0.4, 0.5) is 20.2 Å². The van der Waals surface area contributed by atoms with E-state index in [1.165, 1.54) is 16.6 Å². The summed E-state index contributed by atoms with van der Waals surface area (Å²) in [6, 6.07) is 4.95. The standard InChI is InChI=1S/C20H21N5O10/c1-9(2)31-18(28)32-12-13-20(12,35-17(27)30-4)15(33-16(26)29-3)19(7-21,34-13)11-6-5-10-14(22)23-8-24-25(10)11/h5-6,8-9,12-13,15H,1-4H3,(H2,22,23,24)/t12?,13-,15+,19+,20-/m1/s1. The molecule has 1 aliphatic heterocycles. The molecule has 2 aromatic rings. The highest BCUT2D eigenvalue weighted by Crippen LogP contribution is 2.62. The number of hydrogen-bond donors (Lipinski definition) is 1. The molecule has 0 bridgehead atoms. The highest BCUT2D eigenvalue weighted by atomic mass is 16.8. The Morgan fingerprint density at radius 3 is 2.51 bits per heavy atom. The number of nitrogens with two attached hydrogens (primary N) is 1. The van der Waals surface area contributed by atoms with Crippen LogP contribution in [0.5, 0.6) is 0 Å². The van der Waals surface area contributed by atoms with E-state index in [0.29, 0.717) is 5.52 Å². The number of carbonyl (C=O) groups excluding carboxylic acids is 3. The summed E-state index contributed by atoms with van der Waals surface area (Å²) >= 11 is 0. The minimum Gasteiger partial charge on any atom is -0.438 e. The summed E-state index contributed by atoms with van der Waals surface area (Å²) in [6.45, 7) is 3.20. The van der Waals surface area contributed by atoms with Gasteiger partial charge in [-0.05, 0) is 26.0 Å². The van der Waals surface area contributed by atoms with Gasteiger partial charge in [0.05, 0.1) is 26.0 Å². The van der Waals surface area contributed by atoms with Gasteiger partial charge in [0.1, 0.15) is 24.0 Å². The van der Waals surface area contributed by atoms with Crippen LogP contribution in [0.3, 0.4) is 0 Å². The largest absolute Gasteiger partial charge is 0.509 e. The topological polar surface area (TPSA) is 196 Å². The molecule has 2 N–H and O–H groups in total. The SMILES string of the molecule is COC(=O)O[C@@H]1[C@@]2(OC(=O)OC)C(OC(=O)OC(C)C)[C@H]2O[C@@]1(C#N)c1ccc2c(N)ncnn12. The van der Waals surface area contributed by atoms with Crippen molar-refractivity contribution in [1.29, 1.82) is 5.26 Å². The maximum atomic E-state index is 12.2. The monoisotopic (exact) mass is 491 g/mol. The number of methoxy groups -OCH3 is 2. The number of nitrogens with zero attached hydrogens (tertiary/aromatic N) is 4. The van der Waals surface area contributed by atoms with E-state index in [1.807, 2.05) is 6.07 Å². The number of hydrogen-bond acceptors (Lipinski definition) is 14. The smallest absolute Gasteiger partial charge is 0.438 e. The van der Waals surface area contributed by atoms with E-state index >= 15 is 0 Å². The van der Waals surface area contributed by atoms with Crippen molar-refractivity contribution in [3.8, 4) is 6.07 Å². The minimum atomic E-state index is -2.11. The van der Waals surface area contributed by atoms with Crippen LogP contribution in [0.25, 0.3) is 5.52 Å². The Morgan fingerprint density at radius 1 is 1.17 bits per heavy atom. The molecule has 0 spiro atoms. The lowest BCUT2D eigenvalue weighted by Crippen LogP contribution is -2.52. The van der Waals surface area contributed by atoms with Crippen molar-refractivity contribution in [3.63, 3.8) is 0 Å². The molecular formula is C20H21N5O10. The Kier molecular flexibility index (Phi) is 5.77. The third kappa shape index (κ3) is 3.58. The normalized spacial score (nSPS) is 28.5. The van der Waals surface area contributed by atoms with E-state index in [0.717, 1.165) is 20.5 Å². The van der Waals surface area contributed by atoms with Gasteiger partial charge in [-0.15, -0.1) is 0 Å². The second-order valence-electron chi connectivity index (χ2n) is 7.86. The molecule has 0 radical (unpaired) electrons. The second-order valence-corrected chi connectivity index (χ2v) is 7.86. The molecule has 1 unspecified atom stereocenters. The van der Waals surface area contributed by atoms with Crippen LogP contribution in [0.15, 0.2) is 18.5 Å². The fourth-order valence-corrected chi connectivity index (χ4v) is 4.08. The summed E-state index contributed by atoms with van der Waals surface area (Å²) in [6.07, 6.45) is -7.16. The number of fused-ring (bicyclic) bond motifs is 2. The molecule has 2 aliphatic rings. The highest BCUT2D eigenvalue weighted by molar-refractivity contribution is 5.69. The van der Waals surface area contributed by atoms with Crippen molar-refractivity contribution in [1.82, 2.24) is 14.6 Å². The van der Waals surface area contributed by atoms with Gasteiger partial charge in [-0.25, -0.2) is 23.9 Å². The van der Waals surface area contributed by atoms with E-state index in [9.17, 15) is 19.6 Å². The van der Waals surface area contributed by atoms with Crippen LogP contribution >= 0.6 is 0 Å². The first-order chi connectivity index (χ1) is 16.6. The zero-order valence-electron chi connectivity index (χ0n) is 19.0. The molecule has 186 valence electrons. The molecule has 4 rings (SSSR count). The second kappa shape index (κ2) is 8.47. The Hall–Kier alpha value is -4.32. The minimum absolute atomic E-state index is 0.0709. The zero-order chi connectivity index (χ0) is 25.5. The van der Waals surface area contributed by atoms with Crippen LogP contribution in [0.2, 0.25) is 0 Å². The first-order valence-corrected chi connectivity index (χ1v) is 10.2. The molecule has 5 atom stereocenters. The predicted octanol–water partition coefficient (Wildman–Crippen LogP) is 1.05. The number of rotatable bonds is 5. The summed E-state index contributed by atoms with van der Waals surface area (Å²) in [5, 5.41) is 14.4. The van der Waals surface area contributed by atoms with Crippen molar-refractivity contribution in [2.24, 2.45) is 0 Å². The molecule has 3 heterocycles. The molecule has 15 nitrogen and oxygen atoms in total. The fourth-order valence-electron chi connectivity index (χ4n) is 4.08. The van der Waals surface area contributed by atoms with Gasteiger partial charge in [-0.1, -0.05) is 0 Å². The molecule has 1 saturated heterocycles. The van der Waals surface area contributed by atoms with E-state index in [1.54, 1.807) is 13.8 Å². The van der Waals surface area contributed by atoms with Crippen molar-refractivity contribution in [2.75, 3.05) is 20.0 Å². The number of nitriles is 1. The van der Waals surface area contributed by atoms with E-state index in [4.69, 9.17) is 29.4 Å². The average Bonchev–Trinajstić information content (AvgIpc) is 3.12. The summed E-state index contributed by atoms with van der Waals surface area (Å²) in [5.74, 6) is 0.103. The van der Waals surface area contributed by atoms with Crippen LogP contribution in [0.1, 0.15) is 19.5 Å². The number of anilines is 1. The van der Waals surface area contributed by atoms with Gasteiger partial charge in [-0.3, -0.25) is 0 Å². The third-order valence-electron chi connectivity index (χ3n) is 5.54. The van der Waals surface area contributed by atoms with Gasteiger partial charge in [0, 0.05) is 0 Å². The van der Waals surface area contributed by atoms with E-state index in [-0.39, 0.29) is 11.5 Å². The zero-order valence-corrected chi connectivity index (χ0v) is 19.0. The Morgan fingerprint density at radius 2 is 1.89 bits per heavy atom. The van der Waals surface area contributed by atoms with Crippen molar-refractivity contribution < 1.29 is 47.5 Å². The molecule has 2 fully saturated rings. The third-order valence-corrected chi connectivity index (χ3v) is 5.54. The molecule has 15 heteroatoms. The number of ether oxygens (including phenoxy) is 7. The highest BCUT2D eigenvalue weighted by Gasteiger charge is 2.89. The molecule has 0 amide bonds.